The van der Waals surface area contributed by atoms with Crippen molar-refractivity contribution in [2.24, 2.45) is 0 Å². The predicted molar refractivity (Wildman–Crippen MR) is 218 cm³/mol. The lowest BCUT2D eigenvalue weighted by molar-refractivity contribution is 0.527. The van der Waals surface area contributed by atoms with E-state index in [0.717, 1.165) is 0 Å². The summed E-state index contributed by atoms with van der Waals surface area (Å²) >= 11 is 0. The van der Waals surface area contributed by atoms with Gasteiger partial charge in [0, 0.05) is 11.5 Å². The van der Waals surface area contributed by atoms with Crippen LogP contribution >= 0.6 is 41.2 Å². The van der Waals surface area contributed by atoms with Crippen molar-refractivity contribution in [1.82, 2.24) is 0 Å². The Morgan fingerprint density at radius 2 is 0.364 bits per heavy atom. The molecule has 266 valence electrons. The van der Waals surface area contributed by atoms with Gasteiger partial charge < -0.3 is 0 Å². The van der Waals surface area contributed by atoms with Crippen LogP contribution in [0.2, 0.25) is 0 Å². The maximum Gasteiger partial charge on any atom is 0.00454 e. The minimum Gasteiger partial charge on any atom is -0.0817 e. The van der Waals surface area contributed by atoms with Crippen LogP contribution in [-0.2, 0) is 0 Å². The predicted octanol–water partition coefficient (Wildman–Crippen LogP) is 17.7. The maximum atomic E-state index is 2.31. The largest absolute Gasteiger partial charge is 0.0817 e. The molecule has 44 heavy (non-hydrogen) atoms. The van der Waals surface area contributed by atoms with Crippen molar-refractivity contribution in [3.63, 3.8) is 0 Å². The molecule has 0 saturated carbocycles. The number of hydrogen-bond donors (Lipinski definition) is 0. The Hall–Kier alpha value is 1.40. The van der Waals surface area contributed by atoms with E-state index in [9.17, 15) is 0 Å². The summed E-state index contributed by atoms with van der Waals surface area (Å²) < 4.78 is 0. The molecule has 0 heterocycles. The molecule has 0 rings (SSSR count). The first kappa shape index (κ1) is 45.4. The molecule has 0 N–H and O–H groups in total. The van der Waals surface area contributed by atoms with E-state index in [1.807, 2.05) is 19.7 Å². The summed E-state index contributed by atoms with van der Waals surface area (Å²) in [6.45, 7) is 4.62. The summed E-state index contributed by atoms with van der Waals surface area (Å²) in [7, 11) is 8.24. The summed E-state index contributed by atoms with van der Waals surface area (Å²) in [5.74, 6) is 2.69. The van der Waals surface area contributed by atoms with Crippen molar-refractivity contribution in [3.8, 4) is 0 Å². The Balaban J connectivity index is 3.03. The van der Waals surface area contributed by atoms with E-state index in [1.54, 1.807) is 0 Å². The van der Waals surface area contributed by atoms with Gasteiger partial charge in [-0.15, -0.1) is 0 Å². The van der Waals surface area contributed by atoms with E-state index in [1.165, 1.54) is 243 Å². The molecule has 0 spiro atoms. The molecule has 0 aliphatic carbocycles. The van der Waals surface area contributed by atoms with Crippen molar-refractivity contribution in [1.29, 1.82) is 0 Å². The molecule has 0 unspecified atom stereocenters. The second kappa shape index (κ2) is 44.4. The van der Waals surface area contributed by atoms with Gasteiger partial charge in [-0.2, -0.15) is 0 Å². The summed E-state index contributed by atoms with van der Waals surface area (Å²) in [6, 6.07) is 0. The van der Waals surface area contributed by atoms with Gasteiger partial charge in [0.1, 0.15) is 0 Å². The number of unbranched alkanes of at least 4 members (excludes halogenated alkanes) is 34. The lowest BCUT2D eigenvalue weighted by Crippen LogP contribution is -1.84. The molecule has 0 aliphatic rings. The Bertz CT molecular complexity index is 430. The summed E-state index contributed by atoms with van der Waals surface area (Å²) in [5, 5.41) is 0. The van der Waals surface area contributed by atoms with Gasteiger partial charge in [0.15, 0.2) is 0 Å². The van der Waals surface area contributed by atoms with E-state index < -0.39 is 0 Å². The maximum absolute atomic E-state index is 2.31. The second-order valence-corrected chi connectivity index (χ2v) is 20.0. The highest BCUT2D eigenvalue weighted by Gasteiger charge is 1.98. The molecule has 4 heteroatoms. The quantitative estimate of drug-likeness (QED) is 0.0462. The van der Waals surface area contributed by atoms with Crippen LogP contribution in [0.25, 0.3) is 0 Å². The van der Waals surface area contributed by atoms with Gasteiger partial charge >= 0.3 is 0 Å². The van der Waals surface area contributed by atoms with Crippen LogP contribution in [0.3, 0.4) is 0 Å². The minimum atomic E-state index is 1.34. The highest BCUT2D eigenvalue weighted by Crippen LogP contribution is 2.43. The normalized spacial score (nSPS) is 11.6. The second-order valence-electron chi connectivity index (χ2n) is 13.8. The average Bonchev–Trinajstić information content (AvgIpc) is 3.04. The van der Waals surface area contributed by atoms with Gasteiger partial charge in [-0.3, -0.25) is 0 Å². The fraction of sp³-hybridized carbons (Fsp3) is 1.00. The fourth-order valence-corrected chi connectivity index (χ4v) is 12.5. The molecule has 0 aromatic rings. The van der Waals surface area contributed by atoms with Gasteiger partial charge in [0.2, 0.25) is 0 Å². The van der Waals surface area contributed by atoms with Gasteiger partial charge in [0.05, 0.1) is 0 Å². The molecule has 0 fully saturated rings. The first-order valence-corrected chi connectivity index (χ1v) is 25.6. The highest BCUT2D eigenvalue weighted by molar-refractivity contribution is 9.26. The van der Waals surface area contributed by atoms with E-state index in [-0.39, 0.29) is 0 Å². The van der Waals surface area contributed by atoms with E-state index in [2.05, 4.69) is 35.4 Å². The zero-order valence-electron chi connectivity index (χ0n) is 30.5. The van der Waals surface area contributed by atoms with Crippen LogP contribution in [0.1, 0.15) is 245 Å². The molecule has 0 radical (unpaired) electrons. The summed E-state index contributed by atoms with van der Waals surface area (Å²) in [6.07, 6.45) is 52.8. The molecule has 0 saturated heterocycles. The topological polar surface area (TPSA) is 0 Å². The van der Waals surface area contributed by atoms with Crippen molar-refractivity contribution in [2.75, 3.05) is 11.5 Å². The molecular weight excluding hydrogens is 609 g/mol. The third-order valence-corrected chi connectivity index (χ3v) is 15.9. The van der Waals surface area contributed by atoms with Crippen LogP contribution in [0, 0.1) is 0 Å². The Morgan fingerprint density at radius 3 is 0.545 bits per heavy atom. The van der Waals surface area contributed by atoms with E-state index in [0.29, 0.717) is 0 Å². The molecule has 0 aliphatic heterocycles. The molecule has 0 amide bonds. The lowest BCUT2D eigenvalue weighted by Gasteiger charge is -2.04. The Kier molecular flexibility index (Phi) is 45.8. The van der Waals surface area contributed by atoms with Crippen molar-refractivity contribution < 1.29 is 0 Å². The van der Waals surface area contributed by atoms with Crippen molar-refractivity contribution >= 4 is 41.2 Å². The zero-order chi connectivity index (χ0) is 31.7. The van der Waals surface area contributed by atoms with Gasteiger partial charge in [-0.1, -0.05) is 254 Å². The standard InChI is InChI=1S/C40H82S4/c1-3-5-7-9-11-13-15-17-19-21-23-25-27-29-31-33-35-37-39-41-43-44-42-40-38-36-34-32-30-28-26-24-22-20-18-16-14-12-10-8-6-4-2/h3-40H2,1-2H3. The zero-order valence-corrected chi connectivity index (χ0v) is 33.8. The van der Waals surface area contributed by atoms with Gasteiger partial charge in [-0.05, 0) is 32.5 Å². The van der Waals surface area contributed by atoms with Crippen LogP contribution in [0.5, 0.6) is 0 Å². The highest BCUT2D eigenvalue weighted by atomic mass is 33.7. The molecule has 0 atom stereocenters. The molecule has 0 nitrogen and oxygen atoms in total. The SMILES string of the molecule is CCCCCCCCCCCCCCCCCCCCSSSSCCCCCCCCCCCCCCCCCCCC. The first-order chi connectivity index (χ1) is 21.9. The Morgan fingerprint density at radius 1 is 0.205 bits per heavy atom. The summed E-state index contributed by atoms with van der Waals surface area (Å²) in [5.41, 5.74) is 0. The van der Waals surface area contributed by atoms with Crippen LogP contribution in [0.4, 0.5) is 0 Å². The minimum absolute atomic E-state index is 1.34. The monoisotopic (exact) mass is 691 g/mol. The molecular formula is C40H82S4. The summed E-state index contributed by atoms with van der Waals surface area (Å²) in [4.78, 5) is 0. The van der Waals surface area contributed by atoms with E-state index >= 15 is 0 Å². The van der Waals surface area contributed by atoms with Crippen LogP contribution in [-0.4, -0.2) is 11.5 Å². The first-order valence-electron chi connectivity index (χ1n) is 20.5. The molecule has 0 aromatic heterocycles. The average molecular weight is 691 g/mol. The molecule has 0 bridgehead atoms. The number of hydrogen-bond acceptors (Lipinski definition) is 4. The van der Waals surface area contributed by atoms with Crippen molar-refractivity contribution in [2.45, 2.75) is 245 Å². The van der Waals surface area contributed by atoms with Crippen LogP contribution in [0.15, 0.2) is 0 Å². The fourth-order valence-electron chi connectivity index (χ4n) is 6.23. The van der Waals surface area contributed by atoms with Crippen molar-refractivity contribution in [3.05, 3.63) is 0 Å². The third-order valence-electron chi connectivity index (χ3n) is 9.29. The molecule has 0 aromatic carbocycles. The van der Waals surface area contributed by atoms with Crippen LogP contribution < -0.4 is 0 Å². The number of rotatable bonds is 41. The van der Waals surface area contributed by atoms with Gasteiger partial charge in [-0.25, -0.2) is 0 Å². The smallest absolute Gasteiger partial charge is 0.00454 e. The lowest BCUT2D eigenvalue weighted by atomic mass is 10.0. The van der Waals surface area contributed by atoms with E-state index in [4.69, 9.17) is 0 Å². The third kappa shape index (κ3) is 43.4. The Labute approximate surface area is 296 Å². The van der Waals surface area contributed by atoms with Gasteiger partial charge in [0.25, 0.3) is 0 Å².